The Balaban J connectivity index is 2.40. The van der Waals surface area contributed by atoms with Crippen LogP contribution in [0, 0.1) is 0 Å². The van der Waals surface area contributed by atoms with E-state index in [1.54, 1.807) is 0 Å². The molecular formula is C14H25N3O3. The van der Waals surface area contributed by atoms with Gasteiger partial charge in [0.05, 0.1) is 0 Å². The zero-order valence-corrected chi connectivity index (χ0v) is 12.2. The van der Waals surface area contributed by atoms with E-state index in [0.29, 0.717) is 0 Å². The number of hydrogen-bond donors (Lipinski definition) is 2. The second kappa shape index (κ2) is 8.58. The number of urea groups is 1. The fourth-order valence-corrected chi connectivity index (χ4v) is 2.42. The number of aliphatic carboxylic acids is 1. The SMILES string of the molecule is C=CCN(CC(=O)O)C(=O)NC1CCN(CCC)CC1. The van der Waals surface area contributed by atoms with E-state index in [4.69, 9.17) is 5.11 Å². The molecule has 1 aliphatic rings. The van der Waals surface area contributed by atoms with Crippen molar-refractivity contribution in [3.63, 3.8) is 0 Å². The lowest BCUT2D eigenvalue weighted by atomic mass is 10.1. The zero-order valence-electron chi connectivity index (χ0n) is 12.2. The van der Waals surface area contributed by atoms with Gasteiger partial charge in [-0.05, 0) is 25.8 Å². The summed E-state index contributed by atoms with van der Waals surface area (Å²) in [6.07, 6.45) is 4.51. The summed E-state index contributed by atoms with van der Waals surface area (Å²) < 4.78 is 0. The molecule has 1 rings (SSSR count). The molecule has 0 aliphatic carbocycles. The van der Waals surface area contributed by atoms with Gasteiger partial charge in [-0.1, -0.05) is 13.0 Å². The fourth-order valence-electron chi connectivity index (χ4n) is 2.42. The Hall–Kier alpha value is -1.56. The summed E-state index contributed by atoms with van der Waals surface area (Å²) >= 11 is 0. The first-order valence-electron chi connectivity index (χ1n) is 7.17. The van der Waals surface area contributed by atoms with Crippen LogP contribution in [0.4, 0.5) is 4.79 Å². The Labute approximate surface area is 120 Å². The average molecular weight is 283 g/mol. The van der Waals surface area contributed by atoms with Gasteiger partial charge in [0.2, 0.25) is 0 Å². The van der Waals surface area contributed by atoms with Gasteiger partial charge in [0.1, 0.15) is 6.54 Å². The summed E-state index contributed by atoms with van der Waals surface area (Å²) in [6, 6.07) is -0.182. The molecule has 0 aromatic heterocycles. The van der Waals surface area contributed by atoms with Crippen LogP contribution < -0.4 is 5.32 Å². The highest BCUT2D eigenvalue weighted by atomic mass is 16.4. The maximum Gasteiger partial charge on any atom is 0.323 e. The second-order valence-electron chi connectivity index (χ2n) is 5.13. The van der Waals surface area contributed by atoms with Crippen LogP contribution in [0.3, 0.4) is 0 Å². The Kier molecular flexibility index (Phi) is 7.08. The zero-order chi connectivity index (χ0) is 15.0. The minimum atomic E-state index is -1.01. The number of carboxylic acids is 1. The first kappa shape index (κ1) is 16.5. The largest absolute Gasteiger partial charge is 0.480 e. The number of rotatable bonds is 7. The molecule has 1 saturated heterocycles. The van der Waals surface area contributed by atoms with Crippen LogP contribution in [-0.2, 0) is 4.79 Å². The highest BCUT2D eigenvalue weighted by molar-refractivity contribution is 5.80. The third-order valence-electron chi connectivity index (χ3n) is 3.42. The average Bonchev–Trinajstić information content (AvgIpc) is 2.40. The molecule has 2 amide bonds. The second-order valence-corrected chi connectivity index (χ2v) is 5.13. The summed E-state index contributed by atoms with van der Waals surface area (Å²) in [5, 5.41) is 11.7. The number of piperidine rings is 1. The molecule has 20 heavy (non-hydrogen) atoms. The standard InChI is InChI=1S/C14H25N3O3/c1-3-7-16-9-5-12(6-10-16)15-14(20)17(8-4-2)11-13(18)19/h4,12H,2-3,5-11H2,1H3,(H,15,20)(H,18,19). The minimum absolute atomic E-state index is 0.136. The molecule has 6 heteroatoms. The summed E-state index contributed by atoms with van der Waals surface area (Å²) in [4.78, 5) is 26.4. The van der Waals surface area contributed by atoms with Gasteiger partial charge in [-0.2, -0.15) is 0 Å². The summed E-state index contributed by atoms with van der Waals surface area (Å²) in [5.41, 5.74) is 0. The van der Waals surface area contributed by atoms with Crippen molar-refractivity contribution < 1.29 is 14.7 Å². The molecule has 0 saturated carbocycles. The maximum atomic E-state index is 12.0. The monoisotopic (exact) mass is 283 g/mol. The van der Waals surface area contributed by atoms with Crippen molar-refractivity contribution in [3.05, 3.63) is 12.7 Å². The van der Waals surface area contributed by atoms with Crippen molar-refractivity contribution in [2.75, 3.05) is 32.7 Å². The predicted molar refractivity (Wildman–Crippen MR) is 77.7 cm³/mol. The molecule has 0 aromatic rings. The smallest absolute Gasteiger partial charge is 0.323 e. The van der Waals surface area contributed by atoms with Gasteiger partial charge in [0.25, 0.3) is 0 Å². The molecule has 0 aromatic carbocycles. The van der Waals surface area contributed by atoms with Gasteiger partial charge in [-0.15, -0.1) is 6.58 Å². The lowest BCUT2D eigenvalue weighted by Gasteiger charge is -2.33. The van der Waals surface area contributed by atoms with Crippen LogP contribution in [0.5, 0.6) is 0 Å². The molecular weight excluding hydrogens is 258 g/mol. The number of amides is 2. The van der Waals surface area contributed by atoms with E-state index < -0.39 is 5.97 Å². The molecule has 0 spiro atoms. The third kappa shape index (κ3) is 5.61. The van der Waals surface area contributed by atoms with Crippen molar-refractivity contribution in [2.45, 2.75) is 32.2 Å². The predicted octanol–water partition coefficient (Wildman–Crippen LogP) is 1.14. The van der Waals surface area contributed by atoms with Crippen LogP contribution in [0.25, 0.3) is 0 Å². The summed E-state index contributed by atoms with van der Waals surface area (Å²) in [6.45, 7) is 8.72. The number of hydrogen-bond acceptors (Lipinski definition) is 3. The summed E-state index contributed by atoms with van der Waals surface area (Å²) in [5.74, 6) is -1.01. The number of likely N-dealkylation sites (tertiary alicyclic amines) is 1. The number of nitrogens with zero attached hydrogens (tertiary/aromatic N) is 2. The topological polar surface area (TPSA) is 72.9 Å². The molecule has 1 heterocycles. The Bertz CT molecular complexity index is 339. The molecule has 0 unspecified atom stereocenters. The van der Waals surface area contributed by atoms with Crippen LogP contribution >= 0.6 is 0 Å². The lowest BCUT2D eigenvalue weighted by Crippen LogP contribution is -2.50. The highest BCUT2D eigenvalue weighted by Gasteiger charge is 2.23. The molecule has 0 radical (unpaired) electrons. The van der Waals surface area contributed by atoms with Gasteiger partial charge in [0.15, 0.2) is 0 Å². The van der Waals surface area contributed by atoms with Gasteiger partial charge in [0, 0.05) is 25.7 Å². The van der Waals surface area contributed by atoms with Gasteiger partial charge < -0.3 is 20.2 Å². The first-order chi connectivity index (χ1) is 9.56. The Morgan fingerprint density at radius 1 is 1.45 bits per heavy atom. The van der Waals surface area contributed by atoms with Crippen LogP contribution in [-0.4, -0.2) is 65.7 Å². The van der Waals surface area contributed by atoms with Crippen molar-refractivity contribution in [3.8, 4) is 0 Å². The molecule has 0 atom stereocenters. The van der Waals surface area contributed by atoms with Crippen LogP contribution in [0.2, 0.25) is 0 Å². The van der Waals surface area contributed by atoms with E-state index in [-0.39, 0.29) is 25.2 Å². The van der Waals surface area contributed by atoms with Crippen molar-refractivity contribution in [1.82, 2.24) is 15.1 Å². The number of carbonyl (C=O) groups is 2. The first-order valence-corrected chi connectivity index (χ1v) is 7.17. The van der Waals surface area contributed by atoms with E-state index in [1.165, 1.54) is 11.0 Å². The summed E-state index contributed by atoms with van der Waals surface area (Å²) in [7, 11) is 0. The molecule has 6 nitrogen and oxygen atoms in total. The maximum absolute atomic E-state index is 12.0. The number of nitrogens with one attached hydrogen (secondary N) is 1. The number of carboxylic acid groups (broad SMARTS) is 1. The Morgan fingerprint density at radius 3 is 2.60 bits per heavy atom. The van der Waals surface area contributed by atoms with E-state index in [9.17, 15) is 9.59 Å². The van der Waals surface area contributed by atoms with E-state index in [2.05, 4.69) is 23.7 Å². The quantitative estimate of drug-likeness (QED) is 0.687. The minimum Gasteiger partial charge on any atom is -0.480 e. The van der Waals surface area contributed by atoms with E-state index >= 15 is 0 Å². The van der Waals surface area contributed by atoms with Gasteiger partial charge in [-0.3, -0.25) is 4.79 Å². The number of carbonyl (C=O) groups excluding carboxylic acids is 1. The lowest BCUT2D eigenvalue weighted by molar-refractivity contribution is -0.137. The van der Waals surface area contributed by atoms with Crippen LogP contribution in [0.1, 0.15) is 26.2 Å². The molecule has 114 valence electrons. The highest BCUT2D eigenvalue weighted by Crippen LogP contribution is 2.11. The fraction of sp³-hybridized carbons (Fsp3) is 0.714. The molecule has 1 fully saturated rings. The molecule has 1 aliphatic heterocycles. The van der Waals surface area contributed by atoms with Crippen molar-refractivity contribution in [2.24, 2.45) is 0 Å². The Morgan fingerprint density at radius 2 is 2.10 bits per heavy atom. The normalized spacial score (nSPS) is 16.6. The molecule has 2 N–H and O–H groups in total. The van der Waals surface area contributed by atoms with Gasteiger partial charge in [-0.25, -0.2) is 4.79 Å². The molecule has 0 bridgehead atoms. The van der Waals surface area contributed by atoms with Crippen molar-refractivity contribution in [1.29, 1.82) is 0 Å². The van der Waals surface area contributed by atoms with Crippen molar-refractivity contribution >= 4 is 12.0 Å². The van der Waals surface area contributed by atoms with Crippen LogP contribution in [0.15, 0.2) is 12.7 Å². The van der Waals surface area contributed by atoms with E-state index in [0.717, 1.165) is 38.9 Å². The van der Waals surface area contributed by atoms with Gasteiger partial charge >= 0.3 is 12.0 Å². The van der Waals surface area contributed by atoms with E-state index in [1.807, 2.05) is 0 Å². The third-order valence-corrected chi connectivity index (χ3v) is 3.42.